The van der Waals surface area contributed by atoms with E-state index in [0.29, 0.717) is 23.4 Å². The van der Waals surface area contributed by atoms with Gasteiger partial charge in [0.15, 0.2) is 11.5 Å². The minimum absolute atomic E-state index is 0.0548. The van der Waals surface area contributed by atoms with E-state index in [1.165, 1.54) is 13.5 Å². The molecule has 2 heterocycles. The van der Waals surface area contributed by atoms with Gasteiger partial charge in [-0.3, -0.25) is 9.69 Å². The lowest BCUT2D eigenvalue weighted by atomic mass is 10.1. The standard InChI is InChI=1S/C17H24N2O3/c1-11-8-14(16(20)15(9-11)22-3)17(21)19-7-6-12-4-5-13(10-19)18(12)2/h8-9,12-13,20H,4-7,10H2,1-3H3. The predicted octanol–water partition coefficient (Wildman–Crippen LogP) is 2.02. The third-order valence-electron chi connectivity index (χ3n) is 5.11. The first-order valence-electron chi connectivity index (χ1n) is 7.90. The van der Waals surface area contributed by atoms with Gasteiger partial charge in [0.2, 0.25) is 0 Å². The van der Waals surface area contributed by atoms with E-state index in [-0.39, 0.29) is 11.7 Å². The summed E-state index contributed by atoms with van der Waals surface area (Å²) in [5, 5.41) is 10.3. The molecule has 2 aliphatic heterocycles. The second kappa shape index (κ2) is 5.80. The maximum atomic E-state index is 12.9. The van der Waals surface area contributed by atoms with Crippen LogP contribution in [0.3, 0.4) is 0 Å². The Morgan fingerprint density at radius 3 is 2.73 bits per heavy atom. The molecule has 1 aromatic rings. The highest BCUT2D eigenvalue weighted by Crippen LogP contribution is 2.34. The highest BCUT2D eigenvalue weighted by atomic mass is 16.5. The summed E-state index contributed by atoms with van der Waals surface area (Å²) in [6.45, 7) is 3.39. The molecule has 2 saturated heterocycles. The van der Waals surface area contributed by atoms with Crippen LogP contribution in [-0.4, -0.2) is 60.1 Å². The van der Waals surface area contributed by atoms with Gasteiger partial charge in [-0.25, -0.2) is 0 Å². The average Bonchev–Trinajstić information content (AvgIpc) is 2.73. The Balaban J connectivity index is 1.87. The molecule has 1 amide bonds. The van der Waals surface area contributed by atoms with E-state index in [9.17, 15) is 9.90 Å². The van der Waals surface area contributed by atoms with Crippen LogP contribution in [0.1, 0.15) is 35.2 Å². The van der Waals surface area contributed by atoms with Crippen LogP contribution in [0, 0.1) is 6.92 Å². The molecule has 120 valence electrons. The van der Waals surface area contributed by atoms with Gasteiger partial charge in [0.25, 0.3) is 5.91 Å². The third-order valence-corrected chi connectivity index (χ3v) is 5.11. The number of nitrogens with zero attached hydrogens (tertiary/aromatic N) is 2. The largest absolute Gasteiger partial charge is 0.504 e. The average molecular weight is 304 g/mol. The molecule has 2 bridgehead atoms. The number of ether oxygens (including phenoxy) is 1. The second-order valence-electron chi connectivity index (χ2n) is 6.45. The Morgan fingerprint density at radius 2 is 2.00 bits per heavy atom. The molecule has 2 unspecified atom stereocenters. The van der Waals surface area contributed by atoms with E-state index in [1.54, 1.807) is 12.1 Å². The van der Waals surface area contributed by atoms with Crippen LogP contribution < -0.4 is 4.74 Å². The van der Waals surface area contributed by atoms with E-state index in [4.69, 9.17) is 4.74 Å². The lowest BCUT2D eigenvalue weighted by molar-refractivity contribution is 0.0736. The lowest BCUT2D eigenvalue weighted by Crippen LogP contribution is -2.39. The number of aromatic hydroxyl groups is 1. The quantitative estimate of drug-likeness (QED) is 0.908. The van der Waals surface area contributed by atoms with Gasteiger partial charge in [0.05, 0.1) is 12.7 Å². The van der Waals surface area contributed by atoms with E-state index in [2.05, 4.69) is 11.9 Å². The molecule has 0 aliphatic carbocycles. The van der Waals surface area contributed by atoms with Gasteiger partial charge in [-0.15, -0.1) is 0 Å². The Morgan fingerprint density at radius 1 is 1.27 bits per heavy atom. The van der Waals surface area contributed by atoms with Gasteiger partial charge in [-0.1, -0.05) is 0 Å². The van der Waals surface area contributed by atoms with Crippen LogP contribution in [-0.2, 0) is 0 Å². The molecule has 3 rings (SSSR count). The van der Waals surface area contributed by atoms with Crippen LogP contribution in [0.2, 0.25) is 0 Å². The van der Waals surface area contributed by atoms with Crippen molar-refractivity contribution in [1.82, 2.24) is 9.80 Å². The molecule has 1 aromatic carbocycles. The second-order valence-corrected chi connectivity index (χ2v) is 6.45. The number of carbonyl (C=O) groups is 1. The number of methoxy groups -OCH3 is 1. The maximum absolute atomic E-state index is 12.9. The van der Waals surface area contributed by atoms with Crippen molar-refractivity contribution >= 4 is 5.91 Å². The van der Waals surface area contributed by atoms with Crippen molar-refractivity contribution < 1.29 is 14.6 Å². The highest BCUT2D eigenvalue weighted by molar-refractivity contribution is 5.98. The number of amides is 1. The van der Waals surface area contributed by atoms with Crippen LogP contribution in [0.25, 0.3) is 0 Å². The number of fused-ring (bicyclic) bond motifs is 2. The zero-order chi connectivity index (χ0) is 15.9. The summed E-state index contributed by atoms with van der Waals surface area (Å²) in [5.41, 5.74) is 1.25. The van der Waals surface area contributed by atoms with Gasteiger partial charge in [-0.05, 0) is 50.9 Å². The fraction of sp³-hybridized carbons (Fsp3) is 0.588. The summed E-state index contributed by atoms with van der Waals surface area (Å²) in [5.74, 6) is 0.207. The highest BCUT2D eigenvalue weighted by Gasteiger charge is 2.36. The van der Waals surface area contributed by atoms with Gasteiger partial charge in [0.1, 0.15) is 0 Å². The zero-order valence-corrected chi connectivity index (χ0v) is 13.5. The van der Waals surface area contributed by atoms with Crippen LogP contribution in [0.4, 0.5) is 0 Å². The van der Waals surface area contributed by atoms with E-state index in [0.717, 1.165) is 31.5 Å². The number of benzene rings is 1. The molecule has 5 nitrogen and oxygen atoms in total. The number of phenols is 1. The molecule has 5 heteroatoms. The summed E-state index contributed by atoms with van der Waals surface area (Å²) < 4.78 is 5.17. The van der Waals surface area contributed by atoms with E-state index >= 15 is 0 Å². The topological polar surface area (TPSA) is 53.0 Å². The van der Waals surface area contributed by atoms with Gasteiger partial charge >= 0.3 is 0 Å². The fourth-order valence-corrected chi connectivity index (χ4v) is 3.73. The number of likely N-dealkylation sites (tertiary alicyclic amines) is 1. The molecule has 22 heavy (non-hydrogen) atoms. The normalized spacial score (nSPS) is 25.1. The monoisotopic (exact) mass is 304 g/mol. The first kappa shape index (κ1) is 15.2. The van der Waals surface area contributed by atoms with Crippen molar-refractivity contribution in [1.29, 1.82) is 0 Å². The van der Waals surface area contributed by atoms with Crippen molar-refractivity contribution in [2.75, 3.05) is 27.2 Å². The molecular weight excluding hydrogens is 280 g/mol. The van der Waals surface area contributed by atoms with Crippen molar-refractivity contribution in [3.63, 3.8) is 0 Å². The Labute approximate surface area is 131 Å². The summed E-state index contributed by atoms with van der Waals surface area (Å²) in [4.78, 5) is 17.2. The molecule has 2 aliphatic rings. The van der Waals surface area contributed by atoms with Crippen LogP contribution >= 0.6 is 0 Å². The number of likely N-dealkylation sites (N-methyl/N-ethyl adjacent to an activating group) is 1. The summed E-state index contributed by atoms with van der Waals surface area (Å²) in [7, 11) is 3.66. The molecule has 1 N–H and O–H groups in total. The summed E-state index contributed by atoms with van der Waals surface area (Å²) in [6.07, 6.45) is 3.38. The first-order chi connectivity index (χ1) is 10.5. The number of rotatable bonds is 2. The van der Waals surface area contributed by atoms with Crippen molar-refractivity contribution in [3.8, 4) is 11.5 Å². The maximum Gasteiger partial charge on any atom is 0.257 e. The fourth-order valence-electron chi connectivity index (χ4n) is 3.73. The molecule has 0 saturated carbocycles. The number of aryl methyl sites for hydroxylation is 1. The number of phenolic OH excluding ortho intramolecular Hbond substituents is 1. The van der Waals surface area contributed by atoms with Crippen molar-refractivity contribution in [3.05, 3.63) is 23.3 Å². The van der Waals surface area contributed by atoms with Crippen LogP contribution in [0.5, 0.6) is 11.5 Å². The zero-order valence-electron chi connectivity index (χ0n) is 13.5. The van der Waals surface area contributed by atoms with Crippen molar-refractivity contribution in [2.45, 2.75) is 38.3 Å². The molecular formula is C17H24N2O3. The van der Waals surface area contributed by atoms with E-state index in [1.807, 2.05) is 11.8 Å². The van der Waals surface area contributed by atoms with Gasteiger partial charge in [0, 0.05) is 25.2 Å². The smallest absolute Gasteiger partial charge is 0.257 e. The molecule has 0 aromatic heterocycles. The minimum atomic E-state index is -0.0968. The SMILES string of the molecule is COc1cc(C)cc(C(=O)N2CCC3CCC(C2)N3C)c1O. The number of carbonyl (C=O) groups excluding carboxylic acids is 1. The molecule has 0 spiro atoms. The van der Waals surface area contributed by atoms with Crippen LogP contribution in [0.15, 0.2) is 12.1 Å². The number of hydrogen-bond acceptors (Lipinski definition) is 4. The third kappa shape index (κ3) is 2.54. The predicted molar refractivity (Wildman–Crippen MR) is 84.5 cm³/mol. The molecule has 2 atom stereocenters. The summed E-state index contributed by atoms with van der Waals surface area (Å²) >= 11 is 0. The number of hydrogen-bond donors (Lipinski definition) is 1. The molecule has 2 fully saturated rings. The Kier molecular flexibility index (Phi) is 4.00. The Bertz CT molecular complexity index is 588. The van der Waals surface area contributed by atoms with Gasteiger partial charge in [-0.2, -0.15) is 0 Å². The molecule has 0 radical (unpaired) electrons. The van der Waals surface area contributed by atoms with Crippen molar-refractivity contribution in [2.24, 2.45) is 0 Å². The minimum Gasteiger partial charge on any atom is -0.504 e. The summed E-state index contributed by atoms with van der Waals surface area (Å²) in [6, 6.07) is 4.51. The van der Waals surface area contributed by atoms with E-state index < -0.39 is 0 Å². The first-order valence-corrected chi connectivity index (χ1v) is 7.90. The van der Waals surface area contributed by atoms with Gasteiger partial charge < -0.3 is 14.7 Å². The Hall–Kier alpha value is -1.75. The lowest BCUT2D eigenvalue weighted by Gasteiger charge is -2.26.